The Balaban J connectivity index is 2.12. The lowest BCUT2D eigenvalue weighted by Gasteiger charge is -2.21. The molecule has 0 aromatic rings. The predicted molar refractivity (Wildman–Crippen MR) is 59.9 cm³/mol. The van der Waals surface area contributed by atoms with Gasteiger partial charge in [0.25, 0.3) is 0 Å². The second-order valence-electron chi connectivity index (χ2n) is 3.89. The Hall–Kier alpha value is -1.10. The molecule has 1 aliphatic heterocycles. The number of ether oxygens (including phenoxy) is 1. The molecule has 2 N–H and O–H groups in total. The molecule has 1 amide bonds. The number of carbonyl (C=O) groups excluding carboxylic acids is 2. The molecule has 1 heterocycles. The van der Waals surface area contributed by atoms with Crippen LogP contribution in [-0.2, 0) is 14.3 Å². The van der Waals surface area contributed by atoms with Gasteiger partial charge in [0.2, 0.25) is 5.91 Å². The molecule has 5 heteroatoms. The van der Waals surface area contributed by atoms with E-state index in [2.05, 4.69) is 10.6 Å². The Morgan fingerprint density at radius 2 is 2.31 bits per heavy atom. The third-order valence-corrected chi connectivity index (χ3v) is 2.60. The van der Waals surface area contributed by atoms with Crippen molar-refractivity contribution in [2.24, 2.45) is 5.92 Å². The van der Waals surface area contributed by atoms with E-state index in [1.54, 1.807) is 6.92 Å². The highest BCUT2D eigenvalue weighted by Gasteiger charge is 2.20. The molecule has 1 unspecified atom stereocenters. The molecule has 1 atom stereocenters. The minimum atomic E-state index is -0.260. The van der Waals surface area contributed by atoms with Gasteiger partial charge in [0.05, 0.1) is 18.9 Å². The SMILES string of the molecule is CCOC(=O)CCNC(=O)C1CCCNC1. The van der Waals surface area contributed by atoms with Crippen LogP contribution in [0.5, 0.6) is 0 Å². The largest absolute Gasteiger partial charge is 0.466 e. The van der Waals surface area contributed by atoms with Crippen LogP contribution in [0.25, 0.3) is 0 Å². The van der Waals surface area contributed by atoms with Crippen LogP contribution in [-0.4, -0.2) is 38.1 Å². The van der Waals surface area contributed by atoms with Gasteiger partial charge in [-0.3, -0.25) is 9.59 Å². The van der Waals surface area contributed by atoms with E-state index in [9.17, 15) is 9.59 Å². The maximum Gasteiger partial charge on any atom is 0.307 e. The highest BCUT2D eigenvalue weighted by Crippen LogP contribution is 2.09. The van der Waals surface area contributed by atoms with Crippen molar-refractivity contribution >= 4 is 11.9 Å². The van der Waals surface area contributed by atoms with E-state index in [1.807, 2.05) is 0 Å². The molecule has 0 radical (unpaired) electrons. The zero-order chi connectivity index (χ0) is 11.8. The standard InChI is InChI=1S/C11H20N2O3/c1-2-16-10(14)5-7-13-11(15)9-4-3-6-12-8-9/h9,12H,2-8H2,1H3,(H,13,15). The lowest BCUT2D eigenvalue weighted by Crippen LogP contribution is -2.41. The van der Waals surface area contributed by atoms with Crippen molar-refractivity contribution in [1.29, 1.82) is 0 Å². The second kappa shape index (κ2) is 7.22. The topological polar surface area (TPSA) is 67.4 Å². The summed E-state index contributed by atoms with van der Waals surface area (Å²) in [6.07, 6.45) is 2.22. The van der Waals surface area contributed by atoms with Gasteiger partial charge in [-0.05, 0) is 26.3 Å². The van der Waals surface area contributed by atoms with E-state index in [1.165, 1.54) is 0 Å². The van der Waals surface area contributed by atoms with Crippen LogP contribution in [0.1, 0.15) is 26.2 Å². The Morgan fingerprint density at radius 3 is 2.94 bits per heavy atom. The van der Waals surface area contributed by atoms with Crippen LogP contribution >= 0.6 is 0 Å². The van der Waals surface area contributed by atoms with Crippen molar-refractivity contribution in [2.45, 2.75) is 26.2 Å². The Morgan fingerprint density at radius 1 is 1.50 bits per heavy atom. The van der Waals surface area contributed by atoms with Crippen molar-refractivity contribution < 1.29 is 14.3 Å². The number of hydrogen-bond donors (Lipinski definition) is 2. The summed E-state index contributed by atoms with van der Waals surface area (Å²) in [5, 5.41) is 5.94. The number of amides is 1. The third kappa shape index (κ3) is 4.61. The van der Waals surface area contributed by atoms with Gasteiger partial charge >= 0.3 is 5.97 Å². The smallest absolute Gasteiger partial charge is 0.307 e. The fraction of sp³-hybridized carbons (Fsp3) is 0.818. The van der Waals surface area contributed by atoms with Crippen LogP contribution < -0.4 is 10.6 Å². The second-order valence-corrected chi connectivity index (χ2v) is 3.89. The van der Waals surface area contributed by atoms with Crippen molar-refractivity contribution in [2.75, 3.05) is 26.2 Å². The third-order valence-electron chi connectivity index (χ3n) is 2.60. The number of nitrogens with one attached hydrogen (secondary N) is 2. The maximum absolute atomic E-state index is 11.6. The number of carbonyl (C=O) groups is 2. The van der Waals surface area contributed by atoms with Crippen LogP contribution in [0, 0.1) is 5.92 Å². The molecule has 5 nitrogen and oxygen atoms in total. The van der Waals surface area contributed by atoms with Gasteiger partial charge in [-0.25, -0.2) is 0 Å². The van der Waals surface area contributed by atoms with Gasteiger partial charge < -0.3 is 15.4 Å². The fourth-order valence-corrected chi connectivity index (χ4v) is 1.74. The quantitative estimate of drug-likeness (QED) is 0.653. The van der Waals surface area contributed by atoms with Gasteiger partial charge in [-0.1, -0.05) is 0 Å². The molecule has 1 saturated heterocycles. The molecule has 0 aromatic heterocycles. The first kappa shape index (κ1) is 13.0. The van der Waals surface area contributed by atoms with Gasteiger partial charge in [0.1, 0.15) is 0 Å². The monoisotopic (exact) mass is 228 g/mol. The zero-order valence-electron chi connectivity index (χ0n) is 9.75. The first-order valence-corrected chi connectivity index (χ1v) is 5.88. The summed E-state index contributed by atoms with van der Waals surface area (Å²) in [5.41, 5.74) is 0. The molecule has 1 rings (SSSR count). The Labute approximate surface area is 95.9 Å². The lowest BCUT2D eigenvalue weighted by molar-refractivity contribution is -0.143. The summed E-state index contributed by atoms with van der Waals surface area (Å²) in [6, 6.07) is 0. The summed E-state index contributed by atoms with van der Waals surface area (Å²) in [5.74, 6) is -0.169. The minimum Gasteiger partial charge on any atom is -0.466 e. The molecule has 0 bridgehead atoms. The minimum absolute atomic E-state index is 0.0384. The summed E-state index contributed by atoms with van der Waals surface area (Å²) in [6.45, 7) is 4.26. The summed E-state index contributed by atoms with van der Waals surface area (Å²) < 4.78 is 4.77. The predicted octanol–water partition coefficient (Wildman–Crippen LogP) is 0.0554. The van der Waals surface area contributed by atoms with Crippen molar-refractivity contribution in [3.63, 3.8) is 0 Å². The van der Waals surface area contributed by atoms with Crippen molar-refractivity contribution in [1.82, 2.24) is 10.6 Å². The summed E-state index contributed by atoms with van der Waals surface area (Å²) >= 11 is 0. The average Bonchev–Trinajstić information content (AvgIpc) is 2.30. The first-order valence-electron chi connectivity index (χ1n) is 5.88. The first-order chi connectivity index (χ1) is 7.74. The van der Waals surface area contributed by atoms with E-state index in [0.29, 0.717) is 13.2 Å². The molecule has 0 saturated carbocycles. The molecule has 0 aliphatic carbocycles. The zero-order valence-corrected chi connectivity index (χ0v) is 9.75. The summed E-state index contributed by atoms with van der Waals surface area (Å²) in [4.78, 5) is 22.6. The molecule has 1 aliphatic rings. The average molecular weight is 228 g/mol. The lowest BCUT2D eigenvalue weighted by atomic mass is 9.99. The van der Waals surface area contributed by atoms with E-state index in [0.717, 1.165) is 25.9 Å². The highest BCUT2D eigenvalue weighted by atomic mass is 16.5. The van der Waals surface area contributed by atoms with Gasteiger partial charge in [-0.2, -0.15) is 0 Å². The van der Waals surface area contributed by atoms with Gasteiger partial charge in [-0.15, -0.1) is 0 Å². The maximum atomic E-state index is 11.6. The van der Waals surface area contributed by atoms with Crippen molar-refractivity contribution in [3.8, 4) is 0 Å². The fourth-order valence-electron chi connectivity index (χ4n) is 1.74. The van der Waals surface area contributed by atoms with E-state index < -0.39 is 0 Å². The van der Waals surface area contributed by atoms with E-state index >= 15 is 0 Å². The number of rotatable bonds is 5. The van der Waals surface area contributed by atoms with Crippen LogP contribution in [0.2, 0.25) is 0 Å². The van der Waals surface area contributed by atoms with Crippen LogP contribution in [0.15, 0.2) is 0 Å². The molecular weight excluding hydrogens is 208 g/mol. The van der Waals surface area contributed by atoms with E-state index in [4.69, 9.17) is 4.74 Å². The number of piperidine rings is 1. The molecule has 0 aromatic carbocycles. The van der Waals surface area contributed by atoms with E-state index in [-0.39, 0.29) is 24.2 Å². The van der Waals surface area contributed by atoms with Crippen molar-refractivity contribution in [3.05, 3.63) is 0 Å². The summed E-state index contributed by atoms with van der Waals surface area (Å²) in [7, 11) is 0. The molecule has 0 spiro atoms. The van der Waals surface area contributed by atoms with Gasteiger partial charge in [0, 0.05) is 13.1 Å². The number of hydrogen-bond acceptors (Lipinski definition) is 4. The molecule has 1 fully saturated rings. The molecular formula is C11H20N2O3. The molecule has 16 heavy (non-hydrogen) atoms. The molecule has 92 valence electrons. The normalized spacial score (nSPS) is 20.2. The van der Waals surface area contributed by atoms with Crippen LogP contribution in [0.3, 0.4) is 0 Å². The van der Waals surface area contributed by atoms with Crippen LogP contribution in [0.4, 0.5) is 0 Å². The number of esters is 1. The highest BCUT2D eigenvalue weighted by molar-refractivity contribution is 5.79. The Kier molecular flexibility index (Phi) is 5.85. The Bertz CT molecular complexity index is 237. The van der Waals surface area contributed by atoms with Gasteiger partial charge in [0.15, 0.2) is 0 Å².